The molecule has 0 spiro atoms. The van der Waals surface area contributed by atoms with Crippen molar-refractivity contribution in [3.8, 4) is 17.1 Å². The molecule has 1 atom stereocenters. The van der Waals surface area contributed by atoms with Gasteiger partial charge in [-0.05, 0) is 17.7 Å². The Morgan fingerprint density at radius 1 is 1.00 bits per heavy atom. The second-order valence-electron chi connectivity index (χ2n) is 4.45. The van der Waals surface area contributed by atoms with Crippen LogP contribution in [0.4, 0.5) is 0 Å². The van der Waals surface area contributed by atoms with Crippen LogP contribution in [-0.2, 0) is 0 Å². The lowest BCUT2D eigenvalue weighted by atomic mass is 10.1. The molecule has 0 aliphatic rings. The maximum atomic E-state index is 9.80. The zero-order valence-electron chi connectivity index (χ0n) is 10.7. The molecule has 3 rings (SSSR count). The number of aromatic hydroxyl groups is 1. The monoisotopic (exact) mass is 266 g/mol. The molecule has 0 saturated carbocycles. The summed E-state index contributed by atoms with van der Waals surface area (Å²) in [4.78, 5) is 4.37. The molecule has 0 unspecified atom stereocenters. The van der Waals surface area contributed by atoms with Crippen molar-refractivity contribution in [2.24, 2.45) is 5.73 Å². The van der Waals surface area contributed by atoms with Crippen molar-refractivity contribution in [1.29, 1.82) is 0 Å². The molecule has 20 heavy (non-hydrogen) atoms. The van der Waals surface area contributed by atoms with Crippen molar-refractivity contribution in [2.45, 2.75) is 6.04 Å². The van der Waals surface area contributed by atoms with Crippen molar-refractivity contribution in [2.75, 3.05) is 0 Å². The third-order valence-electron chi connectivity index (χ3n) is 3.10. The molecule has 0 aliphatic carbocycles. The van der Waals surface area contributed by atoms with Gasteiger partial charge in [0, 0.05) is 0 Å². The largest absolute Gasteiger partial charge is 0.507 e. The molecule has 1 heterocycles. The highest BCUT2D eigenvalue weighted by Gasteiger charge is 2.15. The normalized spacial score (nSPS) is 12.2. The molecule has 0 fully saturated rings. The Bertz CT molecular complexity index is 709. The fraction of sp³-hybridized carbons (Fsp3) is 0.0667. The van der Waals surface area contributed by atoms with Gasteiger partial charge in [0.1, 0.15) is 11.6 Å². The van der Waals surface area contributed by atoms with Gasteiger partial charge in [0.25, 0.3) is 0 Å². The van der Waals surface area contributed by atoms with Gasteiger partial charge in [-0.3, -0.25) is 5.10 Å². The predicted octanol–water partition coefficient (Wildman–Crippen LogP) is 2.23. The number of hydrogen-bond acceptors (Lipinski definition) is 4. The number of nitrogens with one attached hydrogen (secondary N) is 1. The minimum absolute atomic E-state index is 0.145. The molecule has 3 aromatic rings. The highest BCUT2D eigenvalue weighted by atomic mass is 16.3. The van der Waals surface area contributed by atoms with E-state index in [2.05, 4.69) is 15.2 Å². The zero-order chi connectivity index (χ0) is 13.9. The molecule has 5 nitrogen and oxygen atoms in total. The maximum absolute atomic E-state index is 9.80. The summed E-state index contributed by atoms with van der Waals surface area (Å²) in [5.41, 5.74) is 7.68. The Labute approximate surface area is 116 Å². The molecule has 1 aromatic heterocycles. The zero-order valence-corrected chi connectivity index (χ0v) is 10.7. The molecular formula is C15H14N4O. The number of aromatic nitrogens is 3. The number of phenolic OH excluding ortho intramolecular Hbond substituents is 1. The van der Waals surface area contributed by atoms with E-state index in [9.17, 15) is 5.11 Å². The van der Waals surface area contributed by atoms with Crippen LogP contribution >= 0.6 is 0 Å². The molecule has 0 bridgehead atoms. The van der Waals surface area contributed by atoms with E-state index in [1.54, 1.807) is 18.2 Å². The standard InChI is InChI=1S/C15H14N4O/c16-13(10-6-2-1-3-7-10)15-17-14(18-19-15)11-8-4-5-9-12(11)20/h1-9,13,20H,16H2,(H,17,18,19)/t13-/m0/s1. The van der Waals surface area contributed by atoms with Gasteiger partial charge < -0.3 is 10.8 Å². The summed E-state index contributed by atoms with van der Waals surface area (Å²) < 4.78 is 0. The van der Waals surface area contributed by atoms with Crippen LogP contribution in [0, 0.1) is 0 Å². The minimum atomic E-state index is -0.372. The van der Waals surface area contributed by atoms with E-state index in [4.69, 9.17) is 5.73 Å². The molecule has 0 aliphatic heterocycles. The van der Waals surface area contributed by atoms with Crippen LogP contribution in [0.3, 0.4) is 0 Å². The number of rotatable bonds is 3. The highest BCUT2D eigenvalue weighted by molar-refractivity contribution is 5.63. The van der Waals surface area contributed by atoms with E-state index in [0.29, 0.717) is 17.2 Å². The Hall–Kier alpha value is -2.66. The number of nitrogens with zero attached hydrogens (tertiary/aromatic N) is 2. The van der Waals surface area contributed by atoms with Crippen LogP contribution in [0.15, 0.2) is 54.6 Å². The summed E-state index contributed by atoms with van der Waals surface area (Å²) in [6.45, 7) is 0. The summed E-state index contributed by atoms with van der Waals surface area (Å²) in [5, 5.41) is 16.8. The van der Waals surface area contributed by atoms with Gasteiger partial charge in [0.2, 0.25) is 0 Å². The fourth-order valence-corrected chi connectivity index (χ4v) is 2.01. The number of phenols is 1. The van der Waals surface area contributed by atoms with E-state index in [1.807, 2.05) is 36.4 Å². The third kappa shape index (κ3) is 2.26. The maximum Gasteiger partial charge on any atom is 0.184 e. The fourth-order valence-electron chi connectivity index (χ4n) is 2.01. The van der Waals surface area contributed by atoms with E-state index >= 15 is 0 Å². The topological polar surface area (TPSA) is 87.8 Å². The summed E-state index contributed by atoms with van der Waals surface area (Å²) >= 11 is 0. The SMILES string of the molecule is N[C@@H](c1ccccc1)c1nc(-c2ccccc2O)n[nH]1. The van der Waals surface area contributed by atoms with Crippen molar-refractivity contribution in [3.63, 3.8) is 0 Å². The second kappa shape index (κ2) is 5.14. The van der Waals surface area contributed by atoms with E-state index in [0.717, 1.165) is 5.56 Å². The van der Waals surface area contributed by atoms with Crippen molar-refractivity contribution in [1.82, 2.24) is 15.2 Å². The summed E-state index contributed by atoms with van der Waals surface area (Å²) in [5.74, 6) is 1.14. The number of H-pyrrole nitrogens is 1. The molecule has 0 amide bonds. The third-order valence-corrected chi connectivity index (χ3v) is 3.10. The van der Waals surface area contributed by atoms with E-state index in [-0.39, 0.29) is 11.8 Å². The van der Waals surface area contributed by atoms with Crippen LogP contribution in [0.5, 0.6) is 5.75 Å². The van der Waals surface area contributed by atoms with Crippen LogP contribution in [-0.4, -0.2) is 20.3 Å². The summed E-state index contributed by atoms with van der Waals surface area (Å²) in [6, 6.07) is 16.2. The van der Waals surface area contributed by atoms with Crippen LogP contribution in [0.2, 0.25) is 0 Å². The number of benzene rings is 2. The van der Waals surface area contributed by atoms with Gasteiger partial charge in [-0.25, -0.2) is 4.98 Å². The van der Waals surface area contributed by atoms with Crippen molar-refractivity contribution >= 4 is 0 Å². The minimum Gasteiger partial charge on any atom is -0.507 e. The van der Waals surface area contributed by atoms with Gasteiger partial charge in [-0.15, -0.1) is 0 Å². The van der Waals surface area contributed by atoms with Crippen LogP contribution in [0.25, 0.3) is 11.4 Å². The predicted molar refractivity (Wildman–Crippen MR) is 76.0 cm³/mol. The average Bonchev–Trinajstić information content (AvgIpc) is 2.97. The first kappa shape index (κ1) is 12.4. The molecule has 100 valence electrons. The molecule has 0 radical (unpaired) electrons. The number of aromatic amines is 1. The first-order chi connectivity index (χ1) is 9.75. The first-order valence-corrected chi connectivity index (χ1v) is 6.27. The number of nitrogens with two attached hydrogens (primary N) is 1. The van der Waals surface area contributed by atoms with E-state index in [1.165, 1.54) is 0 Å². The Morgan fingerprint density at radius 2 is 1.70 bits per heavy atom. The van der Waals surface area contributed by atoms with Gasteiger partial charge in [0.15, 0.2) is 5.82 Å². The van der Waals surface area contributed by atoms with E-state index < -0.39 is 0 Å². The molecule has 5 heteroatoms. The van der Waals surface area contributed by atoms with Gasteiger partial charge >= 0.3 is 0 Å². The quantitative estimate of drug-likeness (QED) is 0.678. The van der Waals surface area contributed by atoms with Crippen LogP contribution in [0.1, 0.15) is 17.4 Å². The Morgan fingerprint density at radius 3 is 2.45 bits per heavy atom. The summed E-state index contributed by atoms with van der Waals surface area (Å²) in [6.07, 6.45) is 0. The van der Waals surface area contributed by atoms with Crippen molar-refractivity contribution in [3.05, 3.63) is 66.0 Å². The second-order valence-corrected chi connectivity index (χ2v) is 4.45. The molecule has 0 saturated heterocycles. The number of hydrogen-bond donors (Lipinski definition) is 3. The summed E-state index contributed by atoms with van der Waals surface area (Å²) in [7, 11) is 0. The Kier molecular flexibility index (Phi) is 3.18. The smallest absolute Gasteiger partial charge is 0.184 e. The van der Waals surface area contributed by atoms with Crippen molar-refractivity contribution < 1.29 is 5.11 Å². The Balaban J connectivity index is 1.93. The van der Waals surface area contributed by atoms with Gasteiger partial charge in [-0.2, -0.15) is 5.10 Å². The lowest BCUT2D eigenvalue weighted by Crippen LogP contribution is -2.13. The molecule has 2 aromatic carbocycles. The highest BCUT2D eigenvalue weighted by Crippen LogP contribution is 2.26. The lowest BCUT2D eigenvalue weighted by molar-refractivity contribution is 0.477. The first-order valence-electron chi connectivity index (χ1n) is 6.27. The number of para-hydroxylation sites is 1. The lowest BCUT2D eigenvalue weighted by Gasteiger charge is -2.07. The average molecular weight is 266 g/mol. The molecule has 4 N–H and O–H groups in total. The molecular weight excluding hydrogens is 252 g/mol. The van der Waals surface area contributed by atoms with Crippen LogP contribution < -0.4 is 5.73 Å². The van der Waals surface area contributed by atoms with Gasteiger partial charge in [0.05, 0.1) is 11.6 Å². The van der Waals surface area contributed by atoms with Gasteiger partial charge in [-0.1, -0.05) is 42.5 Å².